The molecule has 2 aromatic heterocycles. The van der Waals surface area contributed by atoms with Crippen molar-refractivity contribution in [2.45, 2.75) is 38.9 Å². The van der Waals surface area contributed by atoms with Crippen molar-refractivity contribution in [3.05, 3.63) is 53.5 Å². The van der Waals surface area contributed by atoms with E-state index in [4.69, 9.17) is 28.0 Å². The summed E-state index contributed by atoms with van der Waals surface area (Å²) in [5, 5.41) is 8.83. The first kappa shape index (κ1) is 28.9. The van der Waals surface area contributed by atoms with Crippen molar-refractivity contribution >= 4 is 51.1 Å². The zero-order valence-corrected chi connectivity index (χ0v) is 25.5. The Labute approximate surface area is 255 Å². The average molecular weight is 601 g/mol. The maximum Gasteiger partial charge on any atom is 0.246 e. The Morgan fingerprint density at radius 3 is 2.72 bits per heavy atom. The monoisotopic (exact) mass is 600 g/mol. The molecule has 1 N–H and O–H groups in total. The molecule has 1 amide bonds. The Hall–Kier alpha value is -4.20. The van der Waals surface area contributed by atoms with Gasteiger partial charge in [0.05, 0.1) is 23.3 Å². The number of hydrogen-bond donors (Lipinski definition) is 1. The van der Waals surface area contributed by atoms with E-state index in [0.717, 1.165) is 10.9 Å². The number of fused-ring (bicyclic) bond motifs is 2. The second kappa shape index (κ2) is 11.1. The van der Waals surface area contributed by atoms with Crippen molar-refractivity contribution in [1.82, 2.24) is 30.0 Å². The van der Waals surface area contributed by atoms with E-state index in [9.17, 15) is 4.79 Å². The summed E-state index contributed by atoms with van der Waals surface area (Å²) in [5.74, 6) is 3.10. The topological polar surface area (TPSA) is 84.5 Å². The Balaban J connectivity index is 1.51. The van der Waals surface area contributed by atoms with Crippen molar-refractivity contribution in [3.63, 3.8) is 0 Å². The van der Waals surface area contributed by atoms with Crippen LogP contribution in [0.15, 0.2) is 37.1 Å². The summed E-state index contributed by atoms with van der Waals surface area (Å²) in [7, 11) is 1.99. The molecular weight excluding hydrogens is 567 g/mol. The maximum atomic E-state index is 16.9. The number of H-pyrrole nitrogens is 1. The lowest BCUT2D eigenvalue weighted by molar-refractivity contribution is -0.128. The standard InChI is InChI=1S/C32H34ClFN8O/c1-7-11-39(6)22-16-40(17-22)32-36-30-23(31(37-32)42-15-19(4)41(14-20(42)5)25(43)8-2)12-24(33)27(28(30)34)26-18(3)9-10-21-13-35-38-29(21)26/h1,8-10,12-13,19-20,22H,2,11,14-17H2,3-6H3,(H,35,38)/t19-,20+/m1/s1. The first-order valence-corrected chi connectivity index (χ1v) is 14.7. The number of amides is 1. The molecular formula is C32H34ClFN8O. The van der Waals surface area contributed by atoms with E-state index in [1.165, 1.54) is 6.08 Å². The third-order valence-corrected chi connectivity index (χ3v) is 9.05. The number of piperazine rings is 1. The highest BCUT2D eigenvalue weighted by Crippen LogP contribution is 2.43. The quantitative estimate of drug-likeness (QED) is 0.255. The molecule has 6 rings (SSSR count). The zero-order chi connectivity index (χ0) is 30.6. The first-order valence-electron chi connectivity index (χ1n) is 14.3. The van der Waals surface area contributed by atoms with Crippen molar-refractivity contribution < 1.29 is 9.18 Å². The molecule has 9 nitrogen and oxygen atoms in total. The number of carbonyl (C=O) groups excluding carboxylic acids is 1. The molecule has 2 fully saturated rings. The van der Waals surface area contributed by atoms with Gasteiger partial charge in [-0.25, -0.2) is 9.37 Å². The lowest BCUT2D eigenvalue weighted by Gasteiger charge is -2.46. The highest BCUT2D eigenvalue weighted by atomic mass is 35.5. The van der Waals surface area contributed by atoms with E-state index in [1.807, 2.05) is 44.9 Å². The SMILES string of the molecule is C#CCN(C)C1CN(c2nc(N3C[C@@H](C)N(C(=O)C=C)C[C@@H]3C)c3cc(Cl)c(-c4c(C)ccc5cn[nH]c45)c(F)c3n2)C1. The number of hydrogen-bond acceptors (Lipinski definition) is 7. The summed E-state index contributed by atoms with van der Waals surface area (Å²) >= 11 is 6.92. The van der Waals surface area contributed by atoms with Crippen LogP contribution in [-0.2, 0) is 4.79 Å². The highest BCUT2D eigenvalue weighted by molar-refractivity contribution is 6.35. The lowest BCUT2D eigenvalue weighted by Crippen LogP contribution is -2.59. The van der Waals surface area contributed by atoms with Crippen LogP contribution in [-0.4, -0.2) is 93.8 Å². The molecule has 4 aromatic rings. The molecule has 43 heavy (non-hydrogen) atoms. The minimum atomic E-state index is -0.514. The van der Waals surface area contributed by atoms with Gasteiger partial charge in [0.25, 0.3) is 0 Å². The number of benzene rings is 2. The van der Waals surface area contributed by atoms with Gasteiger partial charge in [-0.1, -0.05) is 36.2 Å². The van der Waals surface area contributed by atoms with Gasteiger partial charge in [-0.05, 0) is 45.5 Å². The molecule has 2 aliphatic heterocycles. The van der Waals surface area contributed by atoms with E-state index in [1.54, 1.807) is 17.2 Å². The van der Waals surface area contributed by atoms with Crippen LogP contribution < -0.4 is 9.80 Å². The van der Waals surface area contributed by atoms with Gasteiger partial charge in [0.2, 0.25) is 11.9 Å². The van der Waals surface area contributed by atoms with Crippen LogP contribution in [0.2, 0.25) is 5.02 Å². The fourth-order valence-corrected chi connectivity index (χ4v) is 6.50. The summed E-state index contributed by atoms with van der Waals surface area (Å²) in [6, 6.07) is 5.68. The Morgan fingerprint density at radius 1 is 1.23 bits per heavy atom. The molecule has 0 radical (unpaired) electrons. The van der Waals surface area contributed by atoms with E-state index >= 15 is 4.39 Å². The Bertz CT molecular complexity index is 1790. The fourth-order valence-electron chi connectivity index (χ4n) is 6.21. The Kier molecular flexibility index (Phi) is 7.48. The zero-order valence-electron chi connectivity index (χ0n) is 24.7. The van der Waals surface area contributed by atoms with Gasteiger partial charge >= 0.3 is 0 Å². The van der Waals surface area contributed by atoms with Gasteiger partial charge < -0.3 is 14.7 Å². The first-order chi connectivity index (χ1) is 20.6. The highest BCUT2D eigenvalue weighted by Gasteiger charge is 2.36. The van der Waals surface area contributed by atoms with E-state index < -0.39 is 5.82 Å². The van der Waals surface area contributed by atoms with Crippen LogP contribution in [0.5, 0.6) is 0 Å². The molecule has 222 valence electrons. The van der Waals surface area contributed by atoms with Gasteiger partial charge in [0.1, 0.15) is 11.3 Å². The van der Waals surface area contributed by atoms with E-state index in [-0.39, 0.29) is 40.1 Å². The van der Waals surface area contributed by atoms with Gasteiger partial charge in [-0.15, -0.1) is 6.42 Å². The molecule has 0 aliphatic carbocycles. The van der Waals surface area contributed by atoms with Gasteiger partial charge in [0, 0.05) is 66.2 Å². The fraction of sp³-hybridized carbons (Fsp3) is 0.375. The molecule has 0 saturated carbocycles. The third kappa shape index (κ3) is 4.86. The number of rotatable bonds is 6. The van der Waals surface area contributed by atoms with E-state index in [2.05, 4.69) is 32.5 Å². The number of aryl methyl sites for hydroxylation is 1. The second-order valence-corrected chi connectivity index (χ2v) is 12.0. The minimum absolute atomic E-state index is 0.0977. The van der Waals surface area contributed by atoms with Crippen molar-refractivity contribution in [3.8, 4) is 23.5 Å². The summed E-state index contributed by atoms with van der Waals surface area (Å²) in [6.07, 6.45) is 8.57. The van der Waals surface area contributed by atoms with Crippen molar-refractivity contribution in [2.24, 2.45) is 0 Å². The molecule has 4 heterocycles. The van der Waals surface area contributed by atoms with Crippen LogP contribution in [0.1, 0.15) is 19.4 Å². The normalized spacial score (nSPS) is 19.3. The van der Waals surface area contributed by atoms with Gasteiger partial charge in [-0.2, -0.15) is 10.1 Å². The number of carbonyl (C=O) groups is 1. The molecule has 2 aromatic carbocycles. The van der Waals surface area contributed by atoms with Crippen molar-refractivity contribution in [2.75, 3.05) is 49.6 Å². The second-order valence-electron chi connectivity index (χ2n) is 11.6. The molecule has 2 aliphatic rings. The summed E-state index contributed by atoms with van der Waals surface area (Å²) in [6.45, 7) is 12.5. The third-order valence-electron chi connectivity index (χ3n) is 8.75. The number of nitrogens with one attached hydrogen (secondary N) is 1. The van der Waals surface area contributed by atoms with Crippen LogP contribution >= 0.6 is 11.6 Å². The van der Waals surface area contributed by atoms with Crippen LogP contribution in [0.4, 0.5) is 16.2 Å². The van der Waals surface area contributed by atoms with Crippen molar-refractivity contribution in [1.29, 1.82) is 0 Å². The van der Waals surface area contributed by atoms with Gasteiger partial charge in [0.15, 0.2) is 5.82 Å². The number of halogens is 2. The molecule has 0 bridgehead atoms. The van der Waals surface area contributed by atoms with Crippen LogP contribution in [0.25, 0.3) is 32.9 Å². The minimum Gasteiger partial charge on any atom is -0.349 e. The molecule has 0 spiro atoms. The predicted molar refractivity (Wildman–Crippen MR) is 170 cm³/mol. The summed E-state index contributed by atoms with van der Waals surface area (Å²) in [5.41, 5.74) is 2.69. The number of aromatic nitrogens is 4. The number of nitrogens with zero attached hydrogens (tertiary/aromatic N) is 7. The molecule has 11 heteroatoms. The largest absolute Gasteiger partial charge is 0.349 e. The number of aromatic amines is 1. The summed E-state index contributed by atoms with van der Waals surface area (Å²) in [4.78, 5) is 30.5. The molecule has 0 unspecified atom stereocenters. The molecule has 2 atom stereocenters. The smallest absolute Gasteiger partial charge is 0.246 e. The Morgan fingerprint density at radius 2 is 2.00 bits per heavy atom. The average Bonchev–Trinajstić information content (AvgIpc) is 3.43. The lowest BCUT2D eigenvalue weighted by atomic mass is 9.96. The number of terminal acetylenes is 1. The molecule has 2 saturated heterocycles. The predicted octanol–water partition coefficient (Wildman–Crippen LogP) is 4.64. The van der Waals surface area contributed by atoms with Gasteiger partial charge in [-0.3, -0.25) is 14.8 Å². The maximum absolute atomic E-state index is 16.9. The van der Waals surface area contributed by atoms with Crippen LogP contribution in [0.3, 0.4) is 0 Å². The summed E-state index contributed by atoms with van der Waals surface area (Å²) < 4.78 is 16.9. The number of anilines is 2. The number of likely N-dealkylation sites (N-methyl/N-ethyl adjacent to an activating group) is 1. The van der Waals surface area contributed by atoms with Crippen LogP contribution in [0, 0.1) is 25.1 Å². The van der Waals surface area contributed by atoms with E-state index in [0.29, 0.717) is 61.0 Å².